The summed E-state index contributed by atoms with van der Waals surface area (Å²) in [5.74, 6) is -0.441. The standard InChI is InChI=1S/C19H21FN4O4/c1-22(18(25)26)11-15-12-24(19(27)28-15)14-2-3-17(16(20)10-14)23-8-5-13(4-7-21)6-9-23/h2-4,10,15H,5-6,8-9,11-12H2,1H3,(H,25,26). The second kappa shape index (κ2) is 8.17. The number of halogens is 1. The molecule has 0 radical (unpaired) electrons. The van der Waals surface area contributed by atoms with Crippen molar-refractivity contribution in [3.8, 4) is 6.07 Å². The van der Waals surface area contributed by atoms with Gasteiger partial charge in [0.05, 0.1) is 30.5 Å². The molecule has 1 N–H and O–H groups in total. The monoisotopic (exact) mass is 388 g/mol. The van der Waals surface area contributed by atoms with Crippen molar-refractivity contribution in [3.05, 3.63) is 35.7 Å². The predicted octanol–water partition coefficient (Wildman–Crippen LogP) is 2.81. The fourth-order valence-corrected chi connectivity index (χ4v) is 3.40. The van der Waals surface area contributed by atoms with Crippen molar-refractivity contribution < 1.29 is 23.8 Å². The van der Waals surface area contributed by atoms with Crippen molar-refractivity contribution in [1.82, 2.24) is 4.90 Å². The molecule has 9 heteroatoms. The van der Waals surface area contributed by atoms with Crippen molar-refractivity contribution in [1.29, 1.82) is 5.26 Å². The maximum absolute atomic E-state index is 14.7. The maximum Gasteiger partial charge on any atom is 0.414 e. The van der Waals surface area contributed by atoms with Gasteiger partial charge in [0.15, 0.2) is 0 Å². The lowest BCUT2D eigenvalue weighted by atomic mass is 10.0. The second-order valence-corrected chi connectivity index (χ2v) is 6.83. The molecule has 148 valence electrons. The van der Waals surface area contributed by atoms with Crippen LogP contribution >= 0.6 is 0 Å². The Morgan fingerprint density at radius 3 is 2.79 bits per heavy atom. The molecule has 2 aliphatic heterocycles. The third kappa shape index (κ3) is 4.17. The van der Waals surface area contributed by atoms with E-state index in [0.29, 0.717) is 37.3 Å². The number of amides is 2. The Kier molecular flexibility index (Phi) is 5.68. The van der Waals surface area contributed by atoms with Gasteiger partial charge in [0, 0.05) is 26.2 Å². The number of likely N-dealkylation sites (N-methyl/N-ethyl adjacent to an activating group) is 1. The van der Waals surface area contributed by atoms with Gasteiger partial charge in [-0.1, -0.05) is 5.57 Å². The van der Waals surface area contributed by atoms with E-state index in [1.165, 1.54) is 18.0 Å². The number of hydrogen-bond acceptors (Lipinski definition) is 5. The SMILES string of the molecule is CN(CC1CN(c2ccc(N3CCC(=CC#N)CC3)c(F)c2)C(=O)O1)C(=O)O. The van der Waals surface area contributed by atoms with Gasteiger partial charge in [-0.05, 0) is 31.0 Å². The van der Waals surface area contributed by atoms with Crippen molar-refractivity contribution in [3.63, 3.8) is 0 Å². The number of nitrogens with zero attached hydrogens (tertiary/aromatic N) is 4. The molecule has 0 saturated carbocycles. The van der Waals surface area contributed by atoms with Gasteiger partial charge in [-0.3, -0.25) is 4.90 Å². The van der Waals surface area contributed by atoms with Crippen LogP contribution in [0.5, 0.6) is 0 Å². The summed E-state index contributed by atoms with van der Waals surface area (Å²) in [5, 5.41) is 17.6. The first-order valence-corrected chi connectivity index (χ1v) is 8.93. The Labute approximate surface area is 162 Å². The zero-order valence-electron chi connectivity index (χ0n) is 15.5. The zero-order valence-corrected chi connectivity index (χ0v) is 15.5. The van der Waals surface area contributed by atoms with Crippen molar-refractivity contribution in [2.45, 2.75) is 18.9 Å². The quantitative estimate of drug-likeness (QED) is 0.797. The van der Waals surface area contributed by atoms with E-state index in [1.807, 2.05) is 11.0 Å². The van der Waals surface area contributed by atoms with Crippen molar-refractivity contribution in [2.75, 3.05) is 43.0 Å². The molecule has 0 spiro atoms. The molecule has 0 aliphatic carbocycles. The van der Waals surface area contributed by atoms with Crippen LogP contribution in [-0.4, -0.2) is 61.5 Å². The molecule has 1 aromatic rings. The van der Waals surface area contributed by atoms with E-state index >= 15 is 0 Å². The van der Waals surface area contributed by atoms with E-state index in [-0.39, 0.29) is 13.1 Å². The van der Waals surface area contributed by atoms with Crippen LogP contribution in [0, 0.1) is 17.1 Å². The Hall–Kier alpha value is -3.28. The summed E-state index contributed by atoms with van der Waals surface area (Å²) < 4.78 is 19.9. The number of benzene rings is 1. The van der Waals surface area contributed by atoms with E-state index in [2.05, 4.69) is 0 Å². The van der Waals surface area contributed by atoms with Gasteiger partial charge in [0.2, 0.25) is 0 Å². The first-order chi connectivity index (χ1) is 13.4. The fraction of sp³-hybridized carbons (Fsp3) is 0.421. The van der Waals surface area contributed by atoms with Crippen LogP contribution in [0.3, 0.4) is 0 Å². The number of ether oxygens (including phenoxy) is 1. The van der Waals surface area contributed by atoms with E-state index in [1.54, 1.807) is 18.2 Å². The molecule has 0 aromatic heterocycles. The molecule has 3 rings (SSSR count). The van der Waals surface area contributed by atoms with Gasteiger partial charge in [0.25, 0.3) is 0 Å². The van der Waals surface area contributed by atoms with E-state index in [4.69, 9.17) is 15.1 Å². The highest BCUT2D eigenvalue weighted by molar-refractivity contribution is 5.90. The van der Waals surface area contributed by atoms with Crippen LogP contribution < -0.4 is 9.80 Å². The number of nitriles is 1. The lowest BCUT2D eigenvalue weighted by Gasteiger charge is -2.30. The number of allylic oxidation sites excluding steroid dienone is 1. The number of carbonyl (C=O) groups excluding carboxylic acids is 1. The third-order valence-electron chi connectivity index (χ3n) is 4.94. The Bertz CT molecular complexity index is 841. The van der Waals surface area contributed by atoms with Crippen LogP contribution in [0.25, 0.3) is 0 Å². The minimum absolute atomic E-state index is 0.0461. The summed E-state index contributed by atoms with van der Waals surface area (Å²) in [7, 11) is 1.39. The summed E-state index contributed by atoms with van der Waals surface area (Å²) in [6.07, 6.45) is 0.634. The average molecular weight is 388 g/mol. The van der Waals surface area contributed by atoms with Gasteiger partial charge in [-0.2, -0.15) is 5.26 Å². The van der Waals surface area contributed by atoms with Crippen molar-refractivity contribution >= 4 is 23.6 Å². The fourth-order valence-electron chi connectivity index (χ4n) is 3.40. The number of carbonyl (C=O) groups is 2. The van der Waals surface area contributed by atoms with Crippen LogP contribution in [0.1, 0.15) is 12.8 Å². The highest BCUT2D eigenvalue weighted by atomic mass is 19.1. The van der Waals surface area contributed by atoms with E-state index in [9.17, 15) is 14.0 Å². The summed E-state index contributed by atoms with van der Waals surface area (Å²) in [6.45, 7) is 1.45. The number of piperidine rings is 1. The van der Waals surface area contributed by atoms with E-state index in [0.717, 1.165) is 10.5 Å². The first kappa shape index (κ1) is 19.5. The topological polar surface area (TPSA) is 97.1 Å². The number of cyclic esters (lactones) is 1. The molecule has 28 heavy (non-hydrogen) atoms. The highest BCUT2D eigenvalue weighted by Gasteiger charge is 2.34. The van der Waals surface area contributed by atoms with Crippen LogP contribution in [0.15, 0.2) is 29.8 Å². The smallest absolute Gasteiger partial charge is 0.414 e. The van der Waals surface area contributed by atoms with Crippen LogP contribution in [-0.2, 0) is 4.74 Å². The Morgan fingerprint density at radius 1 is 1.46 bits per heavy atom. The van der Waals surface area contributed by atoms with Gasteiger partial charge in [-0.15, -0.1) is 0 Å². The highest BCUT2D eigenvalue weighted by Crippen LogP contribution is 2.30. The van der Waals surface area contributed by atoms with Crippen LogP contribution in [0.2, 0.25) is 0 Å². The number of anilines is 2. The Morgan fingerprint density at radius 2 is 2.18 bits per heavy atom. The number of carboxylic acid groups (broad SMARTS) is 1. The Balaban J connectivity index is 1.67. The molecule has 1 unspecified atom stereocenters. The lowest BCUT2D eigenvalue weighted by Crippen LogP contribution is -2.35. The molecule has 2 heterocycles. The molecule has 2 aliphatic rings. The summed E-state index contributed by atoms with van der Waals surface area (Å²) in [5.41, 5.74) is 1.89. The van der Waals surface area contributed by atoms with Gasteiger partial charge < -0.3 is 19.6 Å². The third-order valence-corrected chi connectivity index (χ3v) is 4.94. The zero-order chi connectivity index (χ0) is 20.3. The normalized spacial score (nSPS) is 19.2. The summed E-state index contributed by atoms with van der Waals surface area (Å²) in [4.78, 5) is 27.3. The minimum atomic E-state index is -1.11. The molecule has 8 nitrogen and oxygen atoms in total. The van der Waals surface area contributed by atoms with Gasteiger partial charge in [0.1, 0.15) is 11.9 Å². The van der Waals surface area contributed by atoms with Crippen LogP contribution in [0.4, 0.5) is 25.4 Å². The molecule has 2 fully saturated rings. The first-order valence-electron chi connectivity index (χ1n) is 8.93. The summed E-state index contributed by atoms with van der Waals surface area (Å²) >= 11 is 0. The van der Waals surface area contributed by atoms with E-state index < -0.39 is 24.1 Å². The molecule has 1 atom stereocenters. The largest absolute Gasteiger partial charge is 0.465 e. The molecule has 0 bridgehead atoms. The predicted molar refractivity (Wildman–Crippen MR) is 99.8 cm³/mol. The number of hydrogen-bond donors (Lipinski definition) is 1. The van der Waals surface area contributed by atoms with Gasteiger partial charge in [-0.25, -0.2) is 14.0 Å². The number of rotatable bonds is 4. The molecule has 2 saturated heterocycles. The lowest BCUT2D eigenvalue weighted by molar-refractivity contribution is 0.106. The maximum atomic E-state index is 14.7. The van der Waals surface area contributed by atoms with Gasteiger partial charge >= 0.3 is 12.2 Å². The minimum Gasteiger partial charge on any atom is -0.465 e. The molecular weight excluding hydrogens is 367 g/mol. The molecule has 1 aromatic carbocycles. The molecular formula is C19H21FN4O4. The summed E-state index contributed by atoms with van der Waals surface area (Å²) in [6, 6.07) is 6.61. The average Bonchev–Trinajstić information content (AvgIpc) is 3.03. The molecule has 2 amide bonds. The second-order valence-electron chi connectivity index (χ2n) is 6.83. The van der Waals surface area contributed by atoms with Crippen molar-refractivity contribution in [2.24, 2.45) is 0 Å².